The van der Waals surface area contributed by atoms with E-state index in [-0.39, 0.29) is 5.56 Å². The van der Waals surface area contributed by atoms with Gasteiger partial charge in [-0.1, -0.05) is 24.3 Å². The molecule has 0 aromatic heterocycles. The van der Waals surface area contributed by atoms with Gasteiger partial charge in [0.2, 0.25) is 0 Å². The molecule has 0 fully saturated rings. The van der Waals surface area contributed by atoms with Gasteiger partial charge in [0.25, 0.3) is 0 Å². The van der Waals surface area contributed by atoms with Crippen LogP contribution in [0.2, 0.25) is 0 Å². The molecule has 0 radical (unpaired) electrons. The van der Waals surface area contributed by atoms with Crippen LogP contribution in [0.1, 0.15) is 21.5 Å². The molecule has 3 aromatic carbocycles. The van der Waals surface area contributed by atoms with E-state index < -0.39 is 11.8 Å². The third-order valence-electron chi connectivity index (χ3n) is 4.60. The van der Waals surface area contributed by atoms with Crippen LogP contribution in [0.5, 0.6) is 23.0 Å². The molecule has 0 unspecified atom stereocenters. The van der Waals surface area contributed by atoms with Gasteiger partial charge in [0.15, 0.2) is 11.5 Å². The predicted octanol–water partition coefficient (Wildman–Crippen LogP) is 4.07. The Kier molecular flexibility index (Phi) is 4.31. The quantitative estimate of drug-likeness (QED) is 0.721. The van der Waals surface area contributed by atoms with Crippen molar-refractivity contribution in [2.45, 2.75) is 5.79 Å². The van der Waals surface area contributed by atoms with E-state index in [2.05, 4.69) is 0 Å². The van der Waals surface area contributed by atoms with Crippen molar-refractivity contribution in [1.29, 1.82) is 0 Å². The lowest BCUT2D eigenvalue weighted by Gasteiger charge is -2.29. The first-order valence-corrected chi connectivity index (χ1v) is 8.60. The van der Waals surface area contributed by atoms with Crippen LogP contribution in [0.25, 0.3) is 0 Å². The summed E-state index contributed by atoms with van der Waals surface area (Å²) in [4.78, 5) is 11.3. The molecule has 28 heavy (non-hydrogen) atoms. The van der Waals surface area contributed by atoms with Gasteiger partial charge in [-0.05, 0) is 42.5 Å². The van der Waals surface area contributed by atoms with Crippen LogP contribution >= 0.6 is 0 Å². The minimum absolute atomic E-state index is 0.120. The average Bonchev–Trinajstić information content (AvgIpc) is 3.14. The van der Waals surface area contributed by atoms with Crippen LogP contribution in [0, 0.1) is 0 Å². The zero-order valence-corrected chi connectivity index (χ0v) is 15.3. The van der Waals surface area contributed by atoms with Gasteiger partial charge in [-0.25, -0.2) is 4.79 Å². The van der Waals surface area contributed by atoms with Gasteiger partial charge in [-0.3, -0.25) is 0 Å². The summed E-state index contributed by atoms with van der Waals surface area (Å²) in [6.07, 6.45) is 0. The van der Waals surface area contributed by atoms with E-state index in [1.54, 1.807) is 20.3 Å². The average molecular weight is 378 g/mol. The summed E-state index contributed by atoms with van der Waals surface area (Å²) in [5.41, 5.74) is 1.52. The molecule has 0 spiro atoms. The lowest BCUT2D eigenvalue weighted by molar-refractivity contribution is -0.0462. The van der Waals surface area contributed by atoms with E-state index in [1.807, 2.05) is 48.5 Å². The van der Waals surface area contributed by atoms with Crippen LogP contribution < -0.4 is 18.9 Å². The molecule has 6 nitrogen and oxygen atoms in total. The van der Waals surface area contributed by atoms with Gasteiger partial charge in [0.05, 0.1) is 19.8 Å². The number of fused-ring (bicyclic) bond motifs is 1. The highest BCUT2D eigenvalue weighted by Crippen LogP contribution is 2.48. The first-order chi connectivity index (χ1) is 13.6. The summed E-state index contributed by atoms with van der Waals surface area (Å²) >= 11 is 0. The summed E-state index contributed by atoms with van der Waals surface area (Å²) < 4.78 is 23.2. The molecular weight excluding hydrogens is 360 g/mol. The summed E-state index contributed by atoms with van der Waals surface area (Å²) in [5.74, 6) is -0.237. The van der Waals surface area contributed by atoms with Crippen molar-refractivity contribution in [3.05, 3.63) is 83.4 Å². The zero-order valence-electron chi connectivity index (χ0n) is 15.3. The van der Waals surface area contributed by atoms with E-state index in [0.717, 1.165) is 0 Å². The predicted molar refractivity (Wildman–Crippen MR) is 101 cm³/mol. The van der Waals surface area contributed by atoms with Crippen molar-refractivity contribution >= 4 is 5.97 Å². The Labute approximate surface area is 161 Å². The fourth-order valence-corrected chi connectivity index (χ4v) is 3.19. The Bertz CT molecular complexity index is 995. The number of hydrogen-bond donors (Lipinski definition) is 1. The SMILES string of the molecule is COc1cccc(C2(c3cccc(OC)c3)Oc3ccc(C(=O)O)cc3O2)c1. The molecule has 4 rings (SSSR count). The molecule has 1 heterocycles. The third kappa shape index (κ3) is 2.89. The molecule has 0 amide bonds. The largest absolute Gasteiger partial charge is 0.497 e. The Balaban J connectivity index is 1.89. The van der Waals surface area contributed by atoms with E-state index in [0.29, 0.717) is 34.1 Å². The van der Waals surface area contributed by atoms with Crippen molar-refractivity contribution in [1.82, 2.24) is 0 Å². The maximum atomic E-state index is 11.3. The topological polar surface area (TPSA) is 74.2 Å². The molecular formula is C22H18O6. The van der Waals surface area contributed by atoms with Crippen molar-refractivity contribution in [2.24, 2.45) is 0 Å². The van der Waals surface area contributed by atoms with E-state index in [1.165, 1.54) is 12.1 Å². The molecule has 1 N–H and O–H groups in total. The minimum Gasteiger partial charge on any atom is -0.497 e. The first kappa shape index (κ1) is 17.7. The Hall–Kier alpha value is -3.67. The number of hydrogen-bond acceptors (Lipinski definition) is 5. The molecule has 6 heteroatoms. The van der Waals surface area contributed by atoms with Crippen molar-refractivity contribution in [3.63, 3.8) is 0 Å². The van der Waals surface area contributed by atoms with Crippen LogP contribution in [0.3, 0.4) is 0 Å². The summed E-state index contributed by atoms with van der Waals surface area (Å²) in [7, 11) is 3.17. The van der Waals surface area contributed by atoms with Crippen LogP contribution in [-0.4, -0.2) is 25.3 Å². The van der Waals surface area contributed by atoms with Gasteiger partial charge in [0.1, 0.15) is 11.5 Å². The van der Waals surface area contributed by atoms with E-state index in [9.17, 15) is 9.90 Å². The number of ether oxygens (including phenoxy) is 4. The summed E-state index contributed by atoms with van der Waals surface area (Å²) in [6.45, 7) is 0. The minimum atomic E-state index is -1.30. The molecule has 3 aromatic rings. The number of carboxylic acids is 1. The molecule has 0 aliphatic carbocycles. The maximum absolute atomic E-state index is 11.3. The Morgan fingerprint density at radius 3 is 1.93 bits per heavy atom. The lowest BCUT2D eigenvalue weighted by Crippen LogP contribution is -2.36. The third-order valence-corrected chi connectivity index (χ3v) is 4.60. The molecule has 0 saturated carbocycles. The molecule has 142 valence electrons. The summed E-state index contributed by atoms with van der Waals surface area (Å²) in [5, 5.41) is 9.29. The molecule has 1 aliphatic heterocycles. The van der Waals surface area contributed by atoms with Gasteiger partial charge in [0, 0.05) is 11.1 Å². The Morgan fingerprint density at radius 2 is 1.39 bits per heavy atom. The highest BCUT2D eigenvalue weighted by molar-refractivity contribution is 5.88. The maximum Gasteiger partial charge on any atom is 0.335 e. The van der Waals surface area contributed by atoms with Gasteiger partial charge in [-0.15, -0.1) is 0 Å². The van der Waals surface area contributed by atoms with Crippen LogP contribution in [0.15, 0.2) is 66.7 Å². The number of carbonyl (C=O) groups is 1. The molecule has 0 bridgehead atoms. The number of aromatic carboxylic acids is 1. The van der Waals surface area contributed by atoms with Gasteiger partial charge in [-0.2, -0.15) is 0 Å². The van der Waals surface area contributed by atoms with E-state index >= 15 is 0 Å². The van der Waals surface area contributed by atoms with Gasteiger partial charge < -0.3 is 24.1 Å². The summed E-state index contributed by atoms with van der Waals surface area (Å²) in [6, 6.07) is 19.3. The fourth-order valence-electron chi connectivity index (χ4n) is 3.19. The van der Waals surface area contributed by atoms with Crippen molar-refractivity contribution in [2.75, 3.05) is 14.2 Å². The fraction of sp³-hybridized carbons (Fsp3) is 0.136. The van der Waals surface area contributed by atoms with Crippen molar-refractivity contribution in [3.8, 4) is 23.0 Å². The second-order valence-electron chi connectivity index (χ2n) is 6.25. The highest BCUT2D eigenvalue weighted by atomic mass is 16.7. The molecule has 0 atom stereocenters. The smallest absolute Gasteiger partial charge is 0.335 e. The van der Waals surface area contributed by atoms with Gasteiger partial charge >= 0.3 is 11.8 Å². The second-order valence-corrected chi connectivity index (χ2v) is 6.25. The zero-order chi connectivity index (χ0) is 19.7. The number of methoxy groups -OCH3 is 2. The van der Waals surface area contributed by atoms with Crippen LogP contribution in [-0.2, 0) is 5.79 Å². The van der Waals surface area contributed by atoms with E-state index in [4.69, 9.17) is 18.9 Å². The van der Waals surface area contributed by atoms with Crippen LogP contribution in [0.4, 0.5) is 0 Å². The number of benzene rings is 3. The highest BCUT2D eigenvalue weighted by Gasteiger charge is 2.46. The number of carboxylic acid groups (broad SMARTS) is 1. The molecule has 0 saturated heterocycles. The lowest BCUT2D eigenvalue weighted by atomic mass is 9.96. The first-order valence-electron chi connectivity index (χ1n) is 8.60. The Morgan fingerprint density at radius 1 is 0.821 bits per heavy atom. The normalized spacial score (nSPS) is 13.8. The monoisotopic (exact) mass is 378 g/mol. The standard InChI is InChI=1S/C22H18O6/c1-25-17-7-3-5-15(12-17)22(16-6-4-8-18(13-16)26-2)27-19-10-9-14(21(23)24)11-20(19)28-22/h3-13H,1-2H3,(H,23,24). The second kappa shape index (κ2) is 6.81. The number of rotatable bonds is 5. The van der Waals surface area contributed by atoms with Crippen molar-refractivity contribution < 1.29 is 28.8 Å². The molecule has 1 aliphatic rings.